The fraction of sp³-hybridized carbons (Fsp3) is 0.340. The number of nitro benzene ring substituents is 1. The van der Waals surface area contributed by atoms with E-state index in [1.165, 1.54) is 12.1 Å². The highest BCUT2D eigenvalue weighted by molar-refractivity contribution is 7.99. The minimum Gasteiger partial charge on any atom is -0.376 e. The zero-order valence-corrected chi connectivity index (χ0v) is 39.4. The number of rotatable bonds is 18. The molecule has 7 rings (SSSR count). The van der Waals surface area contributed by atoms with Gasteiger partial charge >= 0.3 is 0 Å². The van der Waals surface area contributed by atoms with Gasteiger partial charge in [-0.05, 0) is 156 Å². The highest BCUT2D eigenvalue weighted by Crippen LogP contribution is 2.44. The van der Waals surface area contributed by atoms with Gasteiger partial charge in [0.2, 0.25) is 5.91 Å². The number of hydrogen-bond donors (Lipinski definition) is 3. The molecule has 3 N–H and O–H groups in total. The van der Waals surface area contributed by atoms with E-state index < -0.39 is 5.92 Å². The first kappa shape index (κ1) is 47.8. The van der Waals surface area contributed by atoms with Crippen molar-refractivity contribution in [2.75, 3.05) is 90.4 Å². The Balaban J connectivity index is 1.05. The second-order valence-corrected chi connectivity index (χ2v) is 18.6. The Morgan fingerprint density at radius 3 is 2.29 bits per heavy atom. The maximum Gasteiger partial charge on any atom is 0.294 e. The van der Waals surface area contributed by atoms with Crippen LogP contribution >= 0.6 is 11.8 Å². The molecular formula is C53H61FN8O3S. The number of carbonyl (C=O) groups is 1. The predicted octanol–water partition coefficient (Wildman–Crippen LogP) is 8.97. The quantitative estimate of drug-likeness (QED) is 0.0259. The molecule has 0 saturated carbocycles. The van der Waals surface area contributed by atoms with Crippen LogP contribution in [0.3, 0.4) is 0 Å². The second-order valence-electron chi connectivity index (χ2n) is 17.5. The van der Waals surface area contributed by atoms with Gasteiger partial charge in [-0.3, -0.25) is 14.9 Å². The molecule has 5 aromatic carbocycles. The molecule has 2 heterocycles. The Labute approximate surface area is 393 Å². The molecular weight excluding hydrogens is 848 g/mol. The van der Waals surface area contributed by atoms with Gasteiger partial charge in [-0.15, -0.1) is 11.8 Å². The minimum absolute atomic E-state index is 0.00667. The van der Waals surface area contributed by atoms with Crippen LogP contribution in [0.4, 0.5) is 27.1 Å². The maximum atomic E-state index is 14.1. The lowest BCUT2D eigenvalue weighted by Crippen LogP contribution is -2.45. The Kier molecular flexibility index (Phi) is 16.5. The standard InChI is InChI=1S/C53H61FN8O3S/c1-38-50(53(63)55-28-10-29-61-33-31-59(4)32-34-61)51(52(60(38)5)41-19-21-43(54)22-20-41)42-12-9-11-40(35-42)16-15-39-17-23-44(24-18-39)56-45-25-26-48(49(36-45)62(64)65)57-46(27-30-58(2)3)37-66-47-13-7-6-8-14-47/h6-9,11-14,17-26,35-36,38,46,50,56-57H,10,27-34,37H2,1-5H3,(H,55,63)/t38?,46-,50?/m1/s1. The molecule has 0 aliphatic carbocycles. The number of hydrogen-bond acceptors (Lipinski definition) is 10. The number of nitrogens with one attached hydrogen (secondary N) is 3. The number of carbonyl (C=O) groups excluding carboxylic acids is 1. The summed E-state index contributed by atoms with van der Waals surface area (Å²) in [7, 11) is 8.20. The van der Waals surface area contributed by atoms with Crippen LogP contribution in [0.1, 0.15) is 42.0 Å². The van der Waals surface area contributed by atoms with Crippen LogP contribution in [0.25, 0.3) is 11.3 Å². The third-order valence-electron chi connectivity index (χ3n) is 12.3. The molecule has 344 valence electrons. The van der Waals surface area contributed by atoms with Gasteiger partial charge in [-0.1, -0.05) is 42.2 Å². The lowest BCUT2D eigenvalue weighted by molar-refractivity contribution is -0.383. The molecule has 1 amide bonds. The van der Waals surface area contributed by atoms with Crippen molar-refractivity contribution in [3.8, 4) is 11.8 Å². The van der Waals surface area contributed by atoms with Gasteiger partial charge in [0.1, 0.15) is 11.5 Å². The first-order valence-electron chi connectivity index (χ1n) is 22.7. The molecule has 2 aliphatic rings. The molecule has 0 spiro atoms. The molecule has 13 heteroatoms. The number of amides is 1. The van der Waals surface area contributed by atoms with Crippen LogP contribution < -0.4 is 16.0 Å². The molecule has 0 radical (unpaired) electrons. The molecule has 11 nitrogen and oxygen atoms in total. The number of anilines is 3. The van der Waals surface area contributed by atoms with Gasteiger partial charge in [0.05, 0.1) is 10.8 Å². The van der Waals surface area contributed by atoms with E-state index in [-0.39, 0.29) is 34.4 Å². The molecule has 1 saturated heterocycles. The van der Waals surface area contributed by atoms with Crippen LogP contribution in [0, 0.1) is 33.7 Å². The fourth-order valence-corrected chi connectivity index (χ4v) is 9.47. The van der Waals surface area contributed by atoms with Crippen molar-refractivity contribution in [1.82, 2.24) is 24.9 Å². The molecule has 2 unspecified atom stereocenters. The molecule has 0 bridgehead atoms. The van der Waals surface area contributed by atoms with Gasteiger partial charge in [0.15, 0.2) is 0 Å². The number of likely N-dealkylation sites (N-methyl/N-ethyl adjacent to an activating group) is 1. The zero-order valence-electron chi connectivity index (χ0n) is 38.6. The molecule has 5 aromatic rings. The van der Waals surface area contributed by atoms with Crippen molar-refractivity contribution in [2.24, 2.45) is 5.92 Å². The van der Waals surface area contributed by atoms with E-state index in [4.69, 9.17) is 0 Å². The van der Waals surface area contributed by atoms with E-state index >= 15 is 0 Å². The van der Waals surface area contributed by atoms with Crippen molar-refractivity contribution in [3.63, 3.8) is 0 Å². The van der Waals surface area contributed by atoms with Crippen molar-refractivity contribution in [3.05, 3.63) is 160 Å². The third-order valence-corrected chi connectivity index (χ3v) is 13.5. The summed E-state index contributed by atoms with van der Waals surface area (Å²) in [6.45, 7) is 8.66. The lowest BCUT2D eigenvalue weighted by atomic mass is 9.87. The summed E-state index contributed by atoms with van der Waals surface area (Å²) in [6, 6.07) is 37.3. The summed E-state index contributed by atoms with van der Waals surface area (Å²) in [4.78, 5) is 36.3. The summed E-state index contributed by atoms with van der Waals surface area (Å²) in [6.07, 6.45) is 1.70. The highest BCUT2D eigenvalue weighted by Gasteiger charge is 2.41. The predicted molar refractivity (Wildman–Crippen MR) is 268 cm³/mol. The number of nitrogens with zero attached hydrogens (tertiary/aromatic N) is 5. The Hall–Kier alpha value is -6.17. The molecule has 0 aromatic heterocycles. The van der Waals surface area contributed by atoms with Crippen molar-refractivity contribution in [1.29, 1.82) is 0 Å². The average molecular weight is 909 g/mol. The van der Waals surface area contributed by atoms with Gasteiger partial charge in [-0.2, -0.15) is 0 Å². The Morgan fingerprint density at radius 2 is 1.58 bits per heavy atom. The number of benzene rings is 5. The maximum absolute atomic E-state index is 14.1. The van der Waals surface area contributed by atoms with E-state index in [2.05, 4.69) is 73.5 Å². The molecule has 3 atom stereocenters. The largest absolute Gasteiger partial charge is 0.376 e. The normalized spacial score (nSPS) is 17.0. The summed E-state index contributed by atoms with van der Waals surface area (Å²) < 4.78 is 14.1. The van der Waals surface area contributed by atoms with Crippen molar-refractivity contribution < 1.29 is 14.1 Å². The zero-order chi connectivity index (χ0) is 46.6. The number of thioether (sulfide) groups is 1. The average Bonchev–Trinajstić information content (AvgIpc) is 3.59. The van der Waals surface area contributed by atoms with E-state index in [1.54, 1.807) is 36.0 Å². The van der Waals surface area contributed by atoms with Crippen molar-refractivity contribution >= 4 is 51.7 Å². The summed E-state index contributed by atoms with van der Waals surface area (Å²) in [5, 5.41) is 22.4. The highest BCUT2D eigenvalue weighted by atomic mass is 32.2. The van der Waals surface area contributed by atoms with Crippen LogP contribution in [0.2, 0.25) is 0 Å². The van der Waals surface area contributed by atoms with E-state index in [1.807, 2.05) is 93.9 Å². The minimum atomic E-state index is -0.454. The van der Waals surface area contributed by atoms with Crippen molar-refractivity contribution in [2.45, 2.75) is 36.7 Å². The van der Waals surface area contributed by atoms with Crippen LogP contribution in [0.15, 0.2) is 126 Å². The molecule has 1 fully saturated rings. The summed E-state index contributed by atoms with van der Waals surface area (Å²) in [5.41, 5.74) is 6.97. The first-order valence-corrected chi connectivity index (χ1v) is 23.7. The summed E-state index contributed by atoms with van der Waals surface area (Å²) >= 11 is 1.73. The van der Waals surface area contributed by atoms with E-state index in [9.17, 15) is 19.3 Å². The SMILES string of the molecule is CC1C(C(=O)NCCCN2CCN(C)CC2)C(c2cccc(C#Cc3ccc(Nc4ccc(N[C@H](CCN(C)C)CSc5ccccc5)c([N+](=O)[O-])c4)cc3)c2)=C(c2ccc(F)cc2)N1C. The van der Waals surface area contributed by atoms with Gasteiger partial charge < -0.3 is 35.6 Å². The Morgan fingerprint density at radius 1 is 0.864 bits per heavy atom. The monoisotopic (exact) mass is 908 g/mol. The molecule has 66 heavy (non-hydrogen) atoms. The van der Waals surface area contributed by atoms with E-state index in [0.717, 1.165) is 102 Å². The smallest absolute Gasteiger partial charge is 0.294 e. The van der Waals surface area contributed by atoms with Crippen LogP contribution in [0.5, 0.6) is 0 Å². The topological polar surface area (TPSA) is 109 Å². The second kappa shape index (κ2) is 22.8. The first-order chi connectivity index (χ1) is 31.9. The fourth-order valence-electron chi connectivity index (χ4n) is 8.47. The van der Waals surface area contributed by atoms with Crippen LogP contribution in [-0.4, -0.2) is 122 Å². The number of halogens is 1. The number of piperazine rings is 1. The van der Waals surface area contributed by atoms with Gasteiger partial charge in [-0.25, -0.2) is 4.39 Å². The van der Waals surface area contributed by atoms with Crippen LogP contribution in [-0.2, 0) is 4.79 Å². The van der Waals surface area contributed by atoms with Gasteiger partial charge in [0.25, 0.3) is 5.69 Å². The van der Waals surface area contributed by atoms with Gasteiger partial charge in [0, 0.05) is 96.8 Å². The number of nitro groups is 1. The van der Waals surface area contributed by atoms with E-state index in [0.29, 0.717) is 17.9 Å². The molecule has 2 aliphatic heterocycles. The summed E-state index contributed by atoms with van der Waals surface area (Å²) in [5.74, 6) is 6.58. The Bertz CT molecular complexity index is 2520. The third kappa shape index (κ3) is 12.8. The lowest BCUT2D eigenvalue weighted by Gasteiger charge is -2.32.